The highest BCUT2D eigenvalue weighted by Gasteiger charge is 2.09. The van der Waals surface area contributed by atoms with Gasteiger partial charge in [-0.15, -0.1) is 0 Å². The molecule has 1 atom stereocenters. The first-order valence-electron chi connectivity index (χ1n) is 4.63. The molecule has 1 aromatic carbocycles. The third kappa shape index (κ3) is 3.14. The fourth-order valence-electron chi connectivity index (χ4n) is 1.32. The molecule has 0 aliphatic carbocycles. The van der Waals surface area contributed by atoms with Crippen molar-refractivity contribution in [3.05, 3.63) is 29.6 Å². The Hall–Kier alpha value is -1.21. The summed E-state index contributed by atoms with van der Waals surface area (Å²) in [4.78, 5) is 0. The molecule has 0 aromatic heterocycles. The first-order valence-corrected chi connectivity index (χ1v) is 6.02. The van der Waals surface area contributed by atoms with Crippen molar-refractivity contribution < 1.29 is 4.39 Å². The second kappa shape index (κ2) is 5.62. The van der Waals surface area contributed by atoms with Crippen molar-refractivity contribution in [3.8, 4) is 6.07 Å². The van der Waals surface area contributed by atoms with Crippen LogP contribution in [0.2, 0.25) is 0 Å². The Bertz CT molecular complexity index is 373. The van der Waals surface area contributed by atoms with E-state index in [9.17, 15) is 4.39 Å². The van der Waals surface area contributed by atoms with Crippen LogP contribution in [-0.2, 0) is 0 Å². The van der Waals surface area contributed by atoms with Crippen molar-refractivity contribution in [2.75, 3.05) is 17.3 Å². The predicted molar refractivity (Wildman–Crippen MR) is 62.6 cm³/mol. The van der Waals surface area contributed by atoms with Crippen LogP contribution < -0.4 is 5.32 Å². The molecule has 0 bridgehead atoms. The van der Waals surface area contributed by atoms with Gasteiger partial charge in [0.05, 0.1) is 5.69 Å². The van der Waals surface area contributed by atoms with E-state index in [0.29, 0.717) is 5.69 Å². The molecule has 4 heteroatoms. The molecule has 0 saturated heterocycles. The number of hydrogen-bond acceptors (Lipinski definition) is 3. The summed E-state index contributed by atoms with van der Waals surface area (Å²) in [6, 6.07) is 6.70. The zero-order chi connectivity index (χ0) is 11.3. The van der Waals surface area contributed by atoms with Crippen LogP contribution in [-0.4, -0.2) is 18.1 Å². The standard InChI is InChI=1S/C11H13FN2S/c1-8(7-15-2)14-11-5-3-4-10(12)9(11)6-13/h3-5,8,14H,7H2,1-2H3. The predicted octanol–water partition coefficient (Wildman–Crippen LogP) is 2.86. The van der Waals surface area contributed by atoms with Crippen molar-refractivity contribution in [1.82, 2.24) is 0 Å². The minimum Gasteiger partial charge on any atom is -0.381 e. The van der Waals surface area contributed by atoms with E-state index in [-0.39, 0.29) is 11.6 Å². The highest BCUT2D eigenvalue weighted by atomic mass is 32.2. The summed E-state index contributed by atoms with van der Waals surface area (Å²) in [5.74, 6) is 0.445. The van der Waals surface area contributed by atoms with Gasteiger partial charge in [-0.05, 0) is 25.3 Å². The quantitative estimate of drug-likeness (QED) is 0.854. The Balaban J connectivity index is 2.86. The number of rotatable bonds is 4. The first kappa shape index (κ1) is 11.9. The number of nitrogens with zero attached hydrogens (tertiary/aromatic N) is 1. The Kier molecular flexibility index (Phi) is 4.44. The number of halogens is 1. The number of hydrogen-bond donors (Lipinski definition) is 1. The average Bonchev–Trinajstić information content (AvgIpc) is 2.18. The number of thioether (sulfide) groups is 1. The zero-order valence-corrected chi connectivity index (χ0v) is 9.57. The van der Waals surface area contributed by atoms with Gasteiger partial charge in [0.15, 0.2) is 0 Å². The summed E-state index contributed by atoms with van der Waals surface area (Å²) >= 11 is 1.71. The minimum absolute atomic E-state index is 0.0884. The first-order chi connectivity index (χ1) is 7.19. The van der Waals surface area contributed by atoms with E-state index in [2.05, 4.69) is 5.32 Å². The fourth-order valence-corrected chi connectivity index (χ4v) is 1.90. The summed E-state index contributed by atoms with van der Waals surface area (Å²) < 4.78 is 13.2. The van der Waals surface area contributed by atoms with Crippen molar-refractivity contribution in [1.29, 1.82) is 5.26 Å². The average molecular weight is 224 g/mol. The normalized spacial score (nSPS) is 11.9. The van der Waals surface area contributed by atoms with Gasteiger partial charge in [-0.1, -0.05) is 6.07 Å². The lowest BCUT2D eigenvalue weighted by Gasteiger charge is -2.15. The van der Waals surface area contributed by atoms with Crippen molar-refractivity contribution in [2.24, 2.45) is 0 Å². The van der Waals surface area contributed by atoms with Crippen LogP contribution in [0.15, 0.2) is 18.2 Å². The summed E-state index contributed by atoms with van der Waals surface area (Å²) in [6.45, 7) is 2.00. The van der Waals surface area contributed by atoms with E-state index in [1.54, 1.807) is 23.9 Å². The molecule has 1 rings (SSSR count). The Morgan fingerprint density at radius 2 is 2.33 bits per heavy atom. The molecular weight excluding hydrogens is 211 g/mol. The monoisotopic (exact) mass is 224 g/mol. The fraction of sp³-hybridized carbons (Fsp3) is 0.364. The van der Waals surface area contributed by atoms with Gasteiger partial charge >= 0.3 is 0 Å². The zero-order valence-electron chi connectivity index (χ0n) is 8.75. The lowest BCUT2D eigenvalue weighted by Crippen LogP contribution is -2.18. The number of benzene rings is 1. The van der Waals surface area contributed by atoms with Gasteiger partial charge in [0.25, 0.3) is 0 Å². The minimum atomic E-state index is -0.473. The molecule has 0 spiro atoms. The van der Waals surface area contributed by atoms with Crippen LogP contribution in [0.3, 0.4) is 0 Å². The van der Waals surface area contributed by atoms with Gasteiger partial charge in [0, 0.05) is 11.8 Å². The molecule has 80 valence electrons. The Morgan fingerprint density at radius 3 is 2.93 bits per heavy atom. The molecule has 0 aliphatic rings. The molecule has 1 aromatic rings. The molecule has 2 nitrogen and oxygen atoms in total. The molecule has 0 radical (unpaired) electrons. The third-order valence-electron chi connectivity index (χ3n) is 1.94. The van der Waals surface area contributed by atoms with E-state index in [0.717, 1.165) is 5.75 Å². The number of anilines is 1. The topological polar surface area (TPSA) is 35.8 Å². The molecule has 15 heavy (non-hydrogen) atoms. The van der Waals surface area contributed by atoms with Gasteiger partial charge in [0.2, 0.25) is 0 Å². The Labute approximate surface area is 93.5 Å². The van der Waals surface area contributed by atoms with Crippen molar-refractivity contribution in [2.45, 2.75) is 13.0 Å². The summed E-state index contributed by atoms with van der Waals surface area (Å²) in [6.07, 6.45) is 2.01. The molecule has 0 aliphatic heterocycles. The van der Waals surface area contributed by atoms with E-state index in [1.165, 1.54) is 6.07 Å². The summed E-state index contributed by atoms with van der Waals surface area (Å²) in [7, 11) is 0. The SMILES string of the molecule is CSCC(C)Nc1cccc(F)c1C#N. The van der Waals surface area contributed by atoms with Crippen LogP contribution in [0.1, 0.15) is 12.5 Å². The van der Waals surface area contributed by atoms with E-state index < -0.39 is 5.82 Å². The largest absolute Gasteiger partial charge is 0.381 e. The van der Waals surface area contributed by atoms with Crippen LogP contribution >= 0.6 is 11.8 Å². The summed E-state index contributed by atoms with van der Waals surface area (Å²) in [5, 5.41) is 11.9. The third-order valence-corrected chi connectivity index (χ3v) is 2.78. The number of nitriles is 1. The van der Waals surface area contributed by atoms with Crippen LogP contribution in [0.5, 0.6) is 0 Å². The van der Waals surface area contributed by atoms with Gasteiger partial charge in [-0.2, -0.15) is 17.0 Å². The van der Waals surface area contributed by atoms with E-state index >= 15 is 0 Å². The van der Waals surface area contributed by atoms with Crippen LogP contribution in [0, 0.1) is 17.1 Å². The Morgan fingerprint density at radius 1 is 1.60 bits per heavy atom. The smallest absolute Gasteiger partial charge is 0.143 e. The van der Waals surface area contributed by atoms with Gasteiger partial charge in [0.1, 0.15) is 17.4 Å². The second-order valence-corrected chi connectivity index (χ2v) is 4.19. The molecule has 0 saturated carbocycles. The van der Waals surface area contributed by atoms with Crippen molar-refractivity contribution in [3.63, 3.8) is 0 Å². The molecule has 0 heterocycles. The van der Waals surface area contributed by atoms with Crippen LogP contribution in [0.25, 0.3) is 0 Å². The van der Waals surface area contributed by atoms with Gasteiger partial charge in [-0.3, -0.25) is 0 Å². The van der Waals surface area contributed by atoms with Crippen LogP contribution in [0.4, 0.5) is 10.1 Å². The van der Waals surface area contributed by atoms with Gasteiger partial charge < -0.3 is 5.32 Å². The summed E-state index contributed by atoms with van der Waals surface area (Å²) in [5.41, 5.74) is 0.657. The second-order valence-electron chi connectivity index (χ2n) is 3.27. The molecule has 1 N–H and O–H groups in total. The molecule has 0 amide bonds. The van der Waals surface area contributed by atoms with E-state index in [1.807, 2.05) is 19.2 Å². The van der Waals surface area contributed by atoms with E-state index in [4.69, 9.17) is 5.26 Å². The molecular formula is C11H13FN2S. The van der Waals surface area contributed by atoms with Gasteiger partial charge in [-0.25, -0.2) is 4.39 Å². The number of nitrogens with one attached hydrogen (secondary N) is 1. The highest BCUT2D eigenvalue weighted by molar-refractivity contribution is 7.98. The molecule has 1 unspecified atom stereocenters. The molecule has 0 fully saturated rings. The maximum Gasteiger partial charge on any atom is 0.143 e. The maximum absolute atomic E-state index is 13.2. The lowest BCUT2D eigenvalue weighted by molar-refractivity contribution is 0.624. The maximum atomic E-state index is 13.2. The lowest BCUT2D eigenvalue weighted by atomic mass is 10.1. The highest BCUT2D eigenvalue weighted by Crippen LogP contribution is 2.19. The van der Waals surface area contributed by atoms with Crippen molar-refractivity contribution >= 4 is 17.4 Å².